The van der Waals surface area contributed by atoms with Gasteiger partial charge in [0, 0.05) is 17.5 Å². The van der Waals surface area contributed by atoms with Crippen LogP contribution in [0.5, 0.6) is 0 Å². The highest BCUT2D eigenvalue weighted by molar-refractivity contribution is 5.88. The summed E-state index contributed by atoms with van der Waals surface area (Å²) in [4.78, 5) is 4.18. The summed E-state index contributed by atoms with van der Waals surface area (Å²) < 4.78 is 39.2. The van der Waals surface area contributed by atoms with Crippen LogP contribution in [0.3, 0.4) is 0 Å². The second kappa shape index (κ2) is 5.08. The summed E-state index contributed by atoms with van der Waals surface area (Å²) in [5.41, 5.74) is 0.209. The van der Waals surface area contributed by atoms with Crippen LogP contribution < -0.4 is 0 Å². The third-order valence-electron chi connectivity index (χ3n) is 4.12. The van der Waals surface area contributed by atoms with E-state index in [4.69, 9.17) is 0 Å². The first kappa shape index (κ1) is 13.4. The lowest BCUT2D eigenvalue weighted by Crippen LogP contribution is -2.11. The number of hydrogen-bond acceptors (Lipinski definition) is 1. The number of hydrogen-bond donors (Lipinski definition) is 0. The second-order valence-electron chi connectivity index (χ2n) is 5.44. The van der Waals surface area contributed by atoms with E-state index in [1.165, 1.54) is 6.42 Å². The van der Waals surface area contributed by atoms with Gasteiger partial charge < -0.3 is 0 Å². The Labute approximate surface area is 115 Å². The SMILES string of the molecule is FC(F)(F)c1cnc(C2CCCCC2)c2ccccc12. The second-order valence-corrected chi connectivity index (χ2v) is 5.44. The van der Waals surface area contributed by atoms with Crippen LogP contribution in [0.2, 0.25) is 0 Å². The Balaban J connectivity index is 2.16. The number of rotatable bonds is 1. The summed E-state index contributed by atoms with van der Waals surface area (Å²) in [5.74, 6) is 0.302. The van der Waals surface area contributed by atoms with Crippen LogP contribution in [0.4, 0.5) is 13.2 Å². The minimum Gasteiger partial charge on any atom is -0.260 e. The molecule has 0 atom stereocenters. The minimum absolute atomic E-state index is 0.274. The van der Waals surface area contributed by atoms with Crippen LogP contribution in [-0.4, -0.2) is 4.98 Å². The Morgan fingerprint density at radius 3 is 2.25 bits per heavy atom. The zero-order valence-corrected chi connectivity index (χ0v) is 11.1. The highest BCUT2D eigenvalue weighted by Crippen LogP contribution is 2.39. The highest BCUT2D eigenvalue weighted by atomic mass is 19.4. The van der Waals surface area contributed by atoms with E-state index in [-0.39, 0.29) is 5.39 Å². The fourth-order valence-corrected chi connectivity index (χ4v) is 3.14. The predicted molar refractivity (Wildman–Crippen MR) is 72.6 cm³/mol. The standard InChI is InChI=1S/C16H16F3N/c17-16(18,19)14-10-20-15(11-6-2-1-3-7-11)13-9-5-4-8-12(13)14/h4-5,8-11H,1-3,6-7H2. The number of aromatic nitrogens is 1. The highest BCUT2D eigenvalue weighted by Gasteiger charge is 2.34. The molecule has 0 aliphatic heterocycles. The third kappa shape index (κ3) is 2.39. The molecule has 0 bridgehead atoms. The average Bonchev–Trinajstić information content (AvgIpc) is 2.46. The largest absolute Gasteiger partial charge is 0.418 e. The number of nitrogens with zero attached hydrogens (tertiary/aromatic N) is 1. The van der Waals surface area contributed by atoms with Crippen molar-refractivity contribution in [3.63, 3.8) is 0 Å². The molecule has 0 spiro atoms. The molecule has 0 saturated heterocycles. The molecule has 4 heteroatoms. The monoisotopic (exact) mass is 279 g/mol. The van der Waals surface area contributed by atoms with Crippen LogP contribution >= 0.6 is 0 Å². The lowest BCUT2D eigenvalue weighted by Gasteiger charge is -2.23. The zero-order valence-electron chi connectivity index (χ0n) is 11.1. The van der Waals surface area contributed by atoms with E-state index in [1.807, 2.05) is 0 Å². The number of pyridine rings is 1. The molecule has 0 N–H and O–H groups in total. The van der Waals surface area contributed by atoms with Crippen LogP contribution in [0.1, 0.15) is 49.3 Å². The van der Waals surface area contributed by atoms with Gasteiger partial charge in [-0.3, -0.25) is 4.98 Å². The maximum atomic E-state index is 13.1. The summed E-state index contributed by atoms with van der Waals surface area (Å²) >= 11 is 0. The van der Waals surface area contributed by atoms with Gasteiger partial charge in [0.05, 0.1) is 11.3 Å². The fourth-order valence-electron chi connectivity index (χ4n) is 3.14. The van der Waals surface area contributed by atoms with E-state index in [0.29, 0.717) is 11.3 Å². The lowest BCUT2D eigenvalue weighted by molar-refractivity contribution is -0.136. The summed E-state index contributed by atoms with van der Waals surface area (Å²) in [6, 6.07) is 6.76. The molecule has 0 unspecified atom stereocenters. The molecule has 1 aromatic heterocycles. The van der Waals surface area contributed by atoms with Gasteiger partial charge in [-0.15, -0.1) is 0 Å². The summed E-state index contributed by atoms with van der Waals surface area (Å²) in [6.45, 7) is 0. The van der Waals surface area contributed by atoms with E-state index >= 15 is 0 Å². The molecule has 1 heterocycles. The normalized spacial score (nSPS) is 17.6. The van der Waals surface area contributed by atoms with Crippen LogP contribution in [0.25, 0.3) is 10.8 Å². The van der Waals surface area contributed by atoms with Gasteiger partial charge in [0.2, 0.25) is 0 Å². The van der Waals surface area contributed by atoms with Crippen molar-refractivity contribution in [3.05, 3.63) is 41.7 Å². The molecular formula is C16H16F3N. The first-order valence-corrected chi connectivity index (χ1v) is 7.02. The van der Waals surface area contributed by atoms with Crippen molar-refractivity contribution in [1.29, 1.82) is 0 Å². The van der Waals surface area contributed by atoms with Gasteiger partial charge in [-0.2, -0.15) is 13.2 Å². The summed E-state index contributed by atoms with van der Waals surface area (Å²) in [7, 11) is 0. The van der Waals surface area contributed by atoms with Gasteiger partial charge in [0.15, 0.2) is 0 Å². The third-order valence-corrected chi connectivity index (χ3v) is 4.12. The number of halogens is 3. The summed E-state index contributed by atoms with van der Waals surface area (Å²) in [6.07, 6.45) is 2.22. The predicted octanol–water partition coefficient (Wildman–Crippen LogP) is 5.30. The molecule has 2 aromatic rings. The van der Waals surface area contributed by atoms with Crippen molar-refractivity contribution >= 4 is 10.8 Å². The van der Waals surface area contributed by atoms with Gasteiger partial charge in [0.25, 0.3) is 0 Å². The van der Waals surface area contributed by atoms with E-state index in [2.05, 4.69) is 4.98 Å². The van der Waals surface area contributed by atoms with Crippen molar-refractivity contribution in [2.45, 2.75) is 44.2 Å². The van der Waals surface area contributed by atoms with Gasteiger partial charge in [-0.05, 0) is 18.2 Å². The molecule has 1 aliphatic carbocycles. The molecule has 0 radical (unpaired) electrons. The Hall–Kier alpha value is -1.58. The Morgan fingerprint density at radius 1 is 0.950 bits per heavy atom. The van der Waals surface area contributed by atoms with Gasteiger partial charge >= 0.3 is 6.18 Å². The number of fused-ring (bicyclic) bond motifs is 1. The molecule has 20 heavy (non-hydrogen) atoms. The molecule has 0 amide bonds. The smallest absolute Gasteiger partial charge is 0.260 e. The van der Waals surface area contributed by atoms with Crippen molar-refractivity contribution in [2.24, 2.45) is 0 Å². The quantitative estimate of drug-likeness (QED) is 0.690. The first-order valence-electron chi connectivity index (χ1n) is 7.02. The molecule has 1 nitrogen and oxygen atoms in total. The van der Waals surface area contributed by atoms with Crippen LogP contribution in [0.15, 0.2) is 30.5 Å². The molecule has 1 saturated carbocycles. The fraction of sp³-hybridized carbons (Fsp3) is 0.438. The van der Waals surface area contributed by atoms with E-state index in [1.54, 1.807) is 24.3 Å². The van der Waals surface area contributed by atoms with Crippen molar-refractivity contribution in [2.75, 3.05) is 0 Å². The van der Waals surface area contributed by atoms with Crippen molar-refractivity contribution in [3.8, 4) is 0 Å². The van der Waals surface area contributed by atoms with Gasteiger partial charge in [0.1, 0.15) is 0 Å². The Kier molecular flexibility index (Phi) is 3.40. The molecule has 1 aromatic carbocycles. The molecule has 3 rings (SSSR count). The lowest BCUT2D eigenvalue weighted by atomic mass is 9.84. The maximum Gasteiger partial charge on any atom is 0.418 e. The van der Waals surface area contributed by atoms with E-state index in [9.17, 15) is 13.2 Å². The molecule has 1 fully saturated rings. The average molecular weight is 279 g/mol. The topological polar surface area (TPSA) is 12.9 Å². The molecule has 1 aliphatic rings. The van der Waals surface area contributed by atoms with E-state index < -0.39 is 11.7 Å². The van der Waals surface area contributed by atoms with Gasteiger partial charge in [-0.1, -0.05) is 43.5 Å². The van der Waals surface area contributed by atoms with Gasteiger partial charge in [-0.25, -0.2) is 0 Å². The van der Waals surface area contributed by atoms with Crippen LogP contribution in [-0.2, 0) is 6.18 Å². The Morgan fingerprint density at radius 2 is 1.60 bits per heavy atom. The molecule has 106 valence electrons. The number of alkyl halides is 3. The zero-order chi connectivity index (χ0) is 14.2. The minimum atomic E-state index is -4.35. The maximum absolute atomic E-state index is 13.1. The Bertz CT molecular complexity index is 613. The summed E-state index contributed by atoms with van der Waals surface area (Å²) in [5, 5.41) is 0.935. The molecular weight excluding hydrogens is 263 g/mol. The van der Waals surface area contributed by atoms with Crippen molar-refractivity contribution in [1.82, 2.24) is 4.98 Å². The van der Waals surface area contributed by atoms with E-state index in [0.717, 1.165) is 37.6 Å². The number of benzene rings is 1. The van der Waals surface area contributed by atoms with Crippen LogP contribution in [0, 0.1) is 0 Å². The van der Waals surface area contributed by atoms with Crippen molar-refractivity contribution < 1.29 is 13.2 Å². The first-order chi connectivity index (χ1) is 9.57.